The number of piperazine rings is 1. The molecule has 0 radical (unpaired) electrons. The van der Waals surface area contributed by atoms with Crippen molar-refractivity contribution in [2.45, 2.75) is 0 Å². The molecule has 0 atom stereocenters. The topological polar surface area (TPSA) is 36.4 Å². The summed E-state index contributed by atoms with van der Waals surface area (Å²) in [6.07, 6.45) is 1.63. The Labute approximate surface area is 110 Å². The summed E-state index contributed by atoms with van der Waals surface area (Å²) in [6, 6.07) is 3.71. The smallest absolute Gasteiger partial charge is 0.237 e. The number of carbonyl (C=O) groups excluding carboxylic acids is 1. The number of carbonyl (C=O) groups is 1. The van der Waals surface area contributed by atoms with Crippen molar-refractivity contribution in [3.8, 4) is 0 Å². The van der Waals surface area contributed by atoms with Gasteiger partial charge in [0.2, 0.25) is 5.91 Å². The highest BCUT2D eigenvalue weighted by atomic mass is 35.5. The second-order valence-electron chi connectivity index (χ2n) is 3.84. The van der Waals surface area contributed by atoms with Crippen LogP contribution in [0.2, 0.25) is 5.02 Å². The Hall–Kier alpha value is -1.00. The number of anilines is 1. The second-order valence-corrected chi connectivity index (χ2v) is 4.54. The molecule has 1 aromatic heterocycles. The summed E-state index contributed by atoms with van der Waals surface area (Å²) in [5.74, 6) is 0.946. The van der Waals surface area contributed by atoms with Crippen LogP contribution in [0.1, 0.15) is 0 Å². The van der Waals surface area contributed by atoms with Gasteiger partial charge in [0, 0.05) is 32.4 Å². The molecule has 1 saturated heterocycles. The van der Waals surface area contributed by atoms with Crippen LogP contribution in [0, 0.1) is 0 Å². The summed E-state index contributed by atoms with van der Waals surface area (Å²) < 4.78 is 0. The molecule has 1 aliphatic rings. The lowest BCUT2D eigenvalue weighted by Crippen LogP contribution is -2.49. The number of aromatic nitrogens is 1. The largest absolute Gasteiger partial charge is 0.353 e. The molecule has 0 bridgehead atoms. The second kappa shape index (κ2) is 5.56. The van der Waals surface area contributed by atoms with Crippen molar-refractivity contribution in [3.63, 3.8) is 0 Å². The third kappa shape index (κ3) is 3.01. The molecule has 0 unspecified atom stereocenters. The number of nitrogens with zero attached hydrogens (tertiary/aromatic N) is 3. The van der Waals surface area contributed by atoms with Crippen molar-refractivity contribution < 1.29 is 4.79 Å². The van der Waals surface area contributed by atoms with E-state index in [9.17, 15) is 4.79 Å². The van der Waals surface area contributed by atoms with Gasteiger partial charge in [0.25, 0.3) is 0 Å². The molecule has 0 N–H and O–H groups in total. The zero-order chi connectivity index (χ0) is 12.3. The van der Waals surface area contributed by atoms with E-state index in [2.05, 4.69) is 9.88 Å². The Morgan fingerprint density at radius 3 is 2.53 bits per heavy atom. The maximum atomic E-state index is 11.4. The van der Waals surface area contributed by atoms with Crippen LogP contribution in [0.5, 0.6) is 0 Å². The number of hydrogen-bond acceptors (Lipinski definition) is 3. The maximum absolute atomic E-state index is 11.4. The monoisotopic (exact) mass is 273 g/mol. The first-order valence-electron chi connectivity index (χ1n) is 5.41. The lowest BCUT2D eigenvalue weighted by Gasteiger charge is -2.35. The first-order valence-corrected chi connectivity index (χ1v) is 6.32. The summed E-state index contributed by atoms with van der Waals surface area (Å²) in [7, 11) is 0. The van der Waals surface area contributed by atoms with Crippen molar-refractivity contribution in [1.82, 2.24) is 9.88 Å². The van der Waals surface area contributed by atoms with E-state index in [1.54, 1.807) is 11.1 Å². The van der Waals surface area contributed by atoms with E-state index in [1.807, 2.05) is 12.1 Å². The van der Waals surface area contributed by atoms with Gasteiger partial charge < -0.3 is 9.80 Å². The third-order valence-corrected chi connectivity index (χ3v) is 3.23. The molecule has 0 aromatic carbocycles. The zero-order valence-corrected chi connectivity index (χ0v) is 10.8. The highest BCUT2D eigenvalue weighted by molar-refractivity contribution is 6.30. The molecule has 1 fully saturated rings. The number of rotatable bonds is 2. The molecule has 1 aromatic rings. The Balaban J connectivity index is 1.95. The molecule has 1 amide bonds. The average Bonchev–Trinajstić information content (AvgIpc) is 2.39. The van der Waals surface area contributed by atoms with Gasteiger partial charge in [-0.1, -0.05) is 11.6 Å². The molecule has 6 heteroatoms. The fourth-order valence-corrected chi connectivity index (χ4v) is 2.11. The van der Waals surface area contributed by atoms with Crippen LogP contribution in [-0.4, -0.2) is 47.9 Å². The summed E-state index contributed by atoms with van der Waals surface area (Å²) in [5.41, 5.74) is 0. The fraction of sp³-hybridized carbons (Fsp3) is 0.455. The van der Waals surface area contributed by atoms with Gasteiger partial charge in [-0.25, -0.2) is 4.98 Å². The van der Waals surface area contributed by atoms with Gasteiger partial charge in [-0.15, -0.1) is 11.6 Å². The van der Waals surface area contributed by atoms with Crippen molar-refractivity contribution in [1.29, 1.82) is 0 Å². The Morgan fingerprint density at radius 2 is 2.00 bits per heavy atom. The molecule has 17 heavy (non-hydrogen) atoms. The Morgan fingerprint density at radius 1 is 1.29 bits per heavy atom. The summed E-state index contributed by atoms with van der Waals surface area (Å²) in [6.45, 7) is 2.93. The average molecular weight is 274 g/mol. The number of amides is 1. The molecule has 92 valence electrons. The van der Waals surface area contributed by atoms with E-state index < -0.39 is 0 Å². The number of pyridine rings is 1. The van der Waals surface area contributed by atoms with Crippen LogP contribution in [0.25, 0.3) is 0 Å². The molecule has 0 aliphatic carbocycles. The quantitative estimate of drug-likeness (QED) is 0.769. The molecule has 4 nitrogen and oxygen atoms in total. The zero-order valence-electron chi connectivity index (χ0n) is 9.27. The van der Waals surface area contributed by atoms with Gasteiger partial charge in [-0.2, -0.15) is 0 Å². The maximum Gasteiger partial charge on any atom is 0.237 e. The number of hydrogen-bond donors (Lipinski definition) is 0. The van der Waals surface area contributed by atoms with E-state index in [0.717, 1.165) is 18.9 Å². The van der Waals surface area contributed by atoms with E-state index in [0.29, 0.717) is 18.1 Å². The van der Waals surface area contributed by atoms with Crippen LogP contribution in [0.4, 0.5) is 5.82 Å². The van der Waals surface area contributed by atoms with Crippen LogP contribution >= 0.6 is 23.2 Å². The standard InChI is InChI=1S/C11H13Cl2N3O/c12-7-11(17)16-5-3-15(4-6-16)10-2-1-9(13)8-14-10/h1-2,8H,3-7H2. The van der Waals surface area contributed by atoms with Crippen molar-refractivity contribution in [3.05, 3.63) is 23.4 Å². The minimum absolute atomic E-state index is 0.00428. The van der Waals surface area contributed by atoms with Crippen LogP contribution < -0.4 is 4.90 Å². The molecular weight excluding hydrogens is 261 g/mol. The third-order valence-electron chi connectivity index (χ3n) is 2.78. The first-order chi connectivity index (χ1) is 8.20. The fourth-order valence-electron chi connectivity index (χ4n) is 1.82. The highest BCUT2D eigenvalue weighted by Crippen LogP contribution is 2.16. The van der Waals surface area contributed by atoms with Gasteiger partial charge >= 0.3 is 0 Å². The Bertz CT molecular complexity index is 388. The molecule has 0 saturated carbocycles. The SMILES string of the molecule is O=C(CCl)N1CCN(c2ccc(Cl)cn2)CC1. The summed E-state index contributed by atoms with van der Waals surface area (Å²) >= 11 is 11.3. The van der Waals surface area contributed by atoms with Crippen molar-refractivity contribution in [2.75, 3.05) is 37.0 Å². The molecule has 0 spiro atoms. The highest BCUT2D eigenvalue weighted by Gasteiger charge is 2.20. The van der Waals surface area contributed by atoms with Crippen LogP contribution in [0.15, 0.2) is 18.3 Å². The Kier molecular flexibility index (Phi) is 4.07. The first kappa shape index (κ1) is 12.5. The number of halogens is 2. The van der Waals surface area contributed by atoms with Gasteiger partial charge in [-0.3, -0.25) is 4.79 Å². The lowest BCUT2D eigenvalue weighted by atomic mass is 10.3. The van der Waals surface area contributed by atoms with Crippen LogP contribution in [-0.2, 0) is 4.79 Å². The van der Waals surface area contributed by atoms with E-state index in [1.165, 1.54) is 0 Å². The van der Waals surface area contributed by atoms with Gasteiger partial charge in [0.05, 0.1) is 5.02 Å². The van der Waals surface area contributed by atoms with E-state index in [-0.39, 0.29) is 11.8 Å². The van der Waals surface area contributed by atoms with Gasteiger partial charge in [0.1, 0.15) is 11.7 Å². The normalized spacial score (nSPS) is 16.1. The predicted octanol–water partition coefficient (Wildman–Crippen LogP) is 1.62. The van der Waals surface area contributed by atoms with Crippen molar-refractivity contribution in [2.24, 2.45) is 0 Å². The summed E-state index contributed by atoms with van der Waals surface area (Å²) in [5, 5.41) is 0.629. The number of alkyl halides is 1. The summed E-state index contributed by atoms with van der Waals surface area (Å²) in [4.78, 5) is 19.6. The molecule has 1 aliphatic heterocycles. The molecular formula is C11H13Cl2N3O. The minimum Gasteiger partial charge on any atom is -0.353 e. The lowest BCUT2D eigenvalue weighted by molar-refractivity contribution is -0.128. The molecule has 2 heterocycles. The van der Waals surface area contributed by atoms with E-state index in [4.69, 9.17) is 23.2 Å². The van der Waals surface area contributed by atoms with Gasteiger partial charge in [0.15, 0.2) is 0 Å². The van der Waals surface area contributed by atoms with E-state index >= 15 is 0 Å². The predicted molar refractivity (Wildman–Crippen MR) is 68.8 cm³/mol. The van der Waals surface area contributed by atoms with Gasteiger partial charge in [-0.05, 0) is 12.1 Å². The van der Waals surface area contributed by atoms with Crippen molar-refractivity contribution >= 4 is 34.9 Å². The molecule has 2 rings (SSSR count). The van der Waals surface area contributed by atoms with Crippen LogP contribution in [0.3, 0.4) is 0 Å². The minimum atomic E-state index is -0.00428.